The molecule has 7 fully saturated rings. The van der Waals surface area contributed by atoms with Gasteiger partial charge in [0.25, 0.3) is 0 Å². The topological polar surface area (TPSA) is 317 Å². The number of ether oxygens (including phenoxy) is 1. The van der Waals surface area contributed by atoms with Gasteiger partial charge < -0.3 is 93.9 Å². The van der Waals surface area contributed by atoms with Crippen molar-refractivity contribution in [1.82, 2.24) is 54.7 Å². The van der Waals surface area contributed by atoms with Gasteiger partial charge in [0.1, 0.15) is 0 Å². The van der Waals surface area contributed by atoms with Crippen LogP contribution in [-0.4, -0.2) is 311 Å². The highest BCUT2D eigenvalue weighted by molar-refractivity contribution is 7.99. The third-order valence-corrected chi connectivity index (χ3v) is 14.6. The molecular formula is C50H107N25OS. The van der Waals surface area contributed by atoms with E-state index in [1.807, 2.05) is 28.6 Å². The fraction of sp³-hybridized carbons (Fsp3) is 0.840. The molecule has 9 rings (SSSR count). The van der Waals surface area contributed by atoms with Crippen LogP contribution >= 0.6 is 11.8 Å². The van der Waals surface area contributed by atoms with E-state index in [-0.39, 0.29) is 0 Å². The number of piperidine rings is 1. The first-order valence-corrected chi connectivity index (χ1v) is 29.0. The molecule has 0 unspecified atom stereocenters. The molecule has 0 saturated carbocycles. The lowest BCUT2D eigenvalue weighted by atomic mass is 10.1. The fourth-order valence-corrected chi connectivity index (χ4v) is 9.57. The van der Waals surface area contributed by atoms with Crippen LogP contribution in [0.25, 0.3) is 0 Å². The number of hydrogen-bond donors (Lipinski definition) is 8. The minimum Gasteiger partial charge on any atom is -0.378 e. The molecule has 0 amide bonds. The van der Waals surface area contributed by atoms with Crippen molar-refractivity contribution in [3.05, 3.63) is 0 Å². The van der Waals surface area contributed by atoms with E-state index in [9.17, 15) is 0 Å². The van der Waals surface area contributed by atoms with E-state index in [0.29, 0.717) is 35.8 Å². The zero-order valence-electron chi connectivity index (χ0n) is 49.2. The number of rotatable bonds is 0. The average molecular weight is 1110 g/mol. The van der Waals surface area contributed by atoms with Crippen LogP contribution in [-0.2, 0) is 4.74 Å². The van der Waals surface area contributed by atoms with Crippen LogP contribution in [0.5, 0.6) is 0 Å². The Labute approximate surface area is 468 Å². The van der Waals surface area contributed by atoms with Crippen molar-refractivity contribution in [2.75, 3.05) is 219 Å². The lowest BCUT2D eigenvalue weighted by Crippen LogP contribution is -2.50. The summed E-state index contributed by atoms with van der Waals surface area (Å²) in [6.45, 7) is 22.5. The molecule has 0 aromatic carbocycles. The number of nitrogens with zero attached hydrogens (tertiary/aromatic N) is 17. The van der Waals surface area contributed by atoms with Crippen molar-refractivity contribution >= 4 is 59.4 Å². The van der Waals surface area contributed by atoms with Gasteiger partial charge in [0, 0.05) is 199 Å². The van der Waals surface area contributed by atoms with E-state index in [1.165, 1.54) is 88.5 Å². The summed E-state index contributed by atoms with van der Waals surface area (Å²) in [5.74, 6) is 8.52. The van der Waals surface area contributed by atoms with Crippen LogP contribution < -0.4 is 45.0 Å². The number of morpholine rings is 1. The minimum absolute atomic E-state index is 0.614. The highest BCUT2D eigenvalue weighted by Crippen LogP contribution is 2.12. The first-order chi connectivity index (χ1) is 37.2. The van der Waals surface area contributed by atoms with Crippen LogP contribution in [0.1, 0.15) is 57.8 Å². The SMILES string of the molecule is CN1CCCN2CCCN=C12.CN1CCCN=C1N.CN=C(N)N1CCCC1.CN=C(N)N1CCCCC1.CN=C(N)N1CCN(C)CC1.CN=C(N)N1CCOCC1.CN=C(N)N1CCSCC1.CN=C1NCCCN1. The van der Waals surface area contributed by atoms with E-state index >= 15 is 0 Å². The van der Waals surface area contributed by atoms with Crippen LogP contribution in [0.4, 0.5) is 0 Å². The number of likely N-dealkylation sites (N-methyl/N-ethyl adjacent to an activating group) is 1. The van der Waals surface area contributed by atoms with E-state index in [2.05, 4.69) is 99.0 Å². The fourth-order valence-electron chi connectivity index (χ4n) is 8.67. The van der Waals surface area contributed by atoms with Crippen LogP contribution in [0.15, 0.2) is 39.9 Å². The van der Waals surface area contributed by atoms with Crippen LogP contribution in [0, 0.1) is 0 Å². The van der Waals surface area contributed by atoms with Gasteiger partial charge in [-0.1, -0.05) is 0 Å². The molecule has 0 aliphatic carbocycles. The summed E-state index contributed by atoms with van der Waals surface area (Å²) < 4.78 is 5.14. The maximum absolute atomic E-state index is 5.65. The molecule has 444 valence electrons. The maximum Gasteiger partial charge on any atom is 0.196 e. The molecule has 0 aromatic rings. The lowest BCUT2D eigenvalue weighted by molar-refractivity contribution is 0.0675. The molecule has 0 atom stereocenters. The summed E-state index contributed by atoms with van der Waals surface area (Å²) in [7, 11) is 16.6. The molecule has 7 saturated heterocycles. The van der Waals surface area contributed by atoms with E-state index in [0.717, 1.165) is 137 Å². The molecular weight excluding hydrogens is 999 g/mol. The summed E-state index contributed by atoms with van der Waals surface area (Å²) >= 11 is 1.97. The Morgan fingerprint density at radius 2 is 0.870 bits per heavy atom. The van der Waals surface area contributed by atoms with Crippen LogP contribution in [0.2, 0.25) is 0 Å². The molecule has 14 N–H and O–H groups in total. The highest BCUT2D eigenvalue weighted by atomic mass is 32.2. The predicted molar refractivity (Wildman–Crippen MR) is 328 cm³/mol. The zero-order valence-corrected chi connectivity index (χ0v) is 50.0. The summed E-state index contributed by atoms with van der Waals surface area (Å²) in [4.78, 5) is 51.5. The van der Waals surface area contributed by atoms with E-state index < -0.39 is 0 Å². The quantitative estimate of drug-likeness (QED) is 0.100. The average Bonchev–Trinajstić information content (AvgIpc) is 4.05. The van der Waals surface area contributed by atoms with Gasteiger partial charge in [-0.15, -0.1) is 0 Å². The van der Waals surface area contributed by atoms with Crippen molar-refractivity contribution in [2.45, 2.75) is 57.8 Å². The second-order valence-corrected chi connectivity index (χ2v) is 20.5. The van der Waals surface area contributed by atoms with Gasteiger partial charge in [-0.25, -0.2) is 0 Å². The minimum atomic E-state index is 0.614. The number of likely N-dealkylation sites (tertiary alicyclic amines) is 2. The Morgan fingerprint density at radius 3 is 1.30 bits per heavy atom. The van der Waals surface area contributed by atoms with Gasteiger partial charge in [0.05, 0.1) is 13.2 Å². The molecule has 27 heteroatoms. The third kappa shape index (κ3) is 28.6. The number of hydrogen-bond acceptors (Lipinski definition) is 15. The standard InChI is InChI=1S/C8H15N3.C7H16N4.C7H15N3.C6H13N3O.C6H13N3S.C6H13N3.2C5H11N3/c1-10-5-3-7-11-6-2-4-9-8(10)11;1-9-7(8)11-5-3-10(2)4-6-11;1-9-7(8)10-5-3-2-4-6-10;2*1-8-6(7)9-2-4-10-5-3-9;1-8-6(7)9-4-2-3-5-9;1-8-4-2-3-7-5(8)6;1-6-5-7-3-2-4-8-5/h2-7H2,1H3;3-6H2,1-2H3,(H2,8,9);2-6H2,1H3,(H2,8,9);2*2-5H2,1H3,(H2,7,8);2-5H2,1H3,(H2,7,8);2-4H2,1H3,(H2,6,7);2-4H2,1H3,(H2,6,7,8). The number of piperazine rings is 1. The zero-order chi connectivity index (χ0) is 56.6. The molecule has 26 nitrogen and oxygen atoms in total. The number of guanidine groups is 8. The van der Waals surface area contributed by atoms with Gasteiger partial charge in [0.15, 0.2) is 47.7 Å². The second kappa shape index (κ2) is 41.5. The Bertz CT molecular complexity index is 1710. The summed E-state index contributed by atoms with van der Waals surface area (Å²) in [6, 6.07) is 0. The van der Waals surface area contributed by atoms with Gasteiger partial charge in [0.2, 0.25) is 0 Å². The molecule has 9 aliphatic rings. The summed E-state index contributed by atoms with van der Waals surface area (Å²) in [5, 5.41) is 6.22. The van der Waals surface area contributed by atoms with Crippen molar-refractivity contribution in [3.8, 4) is 0 Å². The third-order valence-electron chi connectivity index (χ3n) is 13.6. The lowest BCUT2D eigenvalue weighted by Gasteiger charge is -2.39. The van der Waals surface area contributed by atoms with Gasteiger partial charge >= 0.3 is 0 Å². The number of thioether (sulfide) groups is 1. The first-order valence-electron chi connectivity index (χ1n) is 27.9. The van der Waals surface area contributed by atoms with E-state index in [4.69, 9.17) is 39.1 Å². The Balaban J connectivity index is 0.000000302. The first kappa shape index (κ1) is 67.5. The summed E-state index contributed by atoms with van der Waals surface area (Å²) in [5.41, 5.74) is 33.5. The maximum atomic E-state index is 5.65. The number of aliphatic imine (C=N–C) groups is 8. The Hall–Kier alpha value is -5.57. The van der Waals surface area contributed by atoms with Gasteiger partial charge in [-0.3, -0.25) is 39.9 Å². The monoisotopic (exact) mass is 1110 g/mol. The molecule has 0 aromatic heterocycles. The molecule has 9 aliphatic heterocycles. The van der Waals surface area contributed by atoms with Crippen molar-refractivity contribution < 1.29 is 4.74 Å². The predicted octanol–water partition coefficient (Wildman–Crippen LogP) is -1.56. The normalized spacial score (nSPS) is 21.6. The highest BCUT2D eigenvalue weighted by Gasteiger charge is 2.22. The Kier molecular flexibility index (Phi) is 36.4. The Morgan fingerprint density at radius 1 is 0.455 bits per heavy atom. The molecule has 9 heterocycles. The molecule has 0 spiro atoms. The molecule has 0 radical (unpaired) electrons. The number of fused-ring (bicyclic) bond motifs is 1. The molecule has 0 bridgehead atoms. The summed E-state index contributed by atoms with van der Waals surface area (Å²) in [6.07, 6.45) is 11.2. The largest absolute Gasteiger partial charge is 0.378 e. The van der Waals surface area contributed by atoms with Crippen molar-refractivity contribution in [3.63, 3.8) is 0 Å². The number of nitrogens with two attached hydrogens (primary N) is 6. The van der Waals surface area contributed by atoms with Gasteiger partial charge in [-0.2, -0.15) is 11.8 Å². The van der Waals surface area contributed by atoms with Crippen LogP contribution in [0.3, 0.4) is 0 Å². The van der Waals surface area contributed by atoms with E-state index in [1.54, 1.807) is 42.3 Å². The molecule has 77 heavy (non-hydrogen) atoms. The number of nitrogens with one attached hydrogen (secondary N) is 2. The smallest absolute Gasteiger partial charge is 0.196 e. The van der Waals surface area contributed by atoms with Gasteiger partial charge in [-0.05, 0) is 64.8 Å². The second-order valence-electron chi connectivity index (χ2n) is 19.2. The van der Waals surface area contributed by atoms with Crippen molar-refractivity contribution in [2.24, 2.45) is 74.3 Å². The van der Waals surface area contributed by atoms with Crippen molar-refractivity contribution in [1.29, 1.82) is 0 Å².